The second-order valence-electron chi connectivity index (χ2n) is 4.09. The fourth-order valence-electron chi connectivity index (χ4n) is 1.87. The average Bonchev–Trinajstić information content (AvgIpc) is 2.41. The largest absolute Gasteiger partial charge is 0.504 e. The normalized spacial score (nSPS) is 19.8. The Kier molecular flexibility index (Phi) is 4.08. The van der Waals surface area contributed by atoms with E-state index in [0.717, 1.165) is 0 Å². The van der Waals surface area contributed by atoms with Crippen LogP contribution < -0.4 is 0 Å². The molecule has 1 heterocycles. The van der Waals surface area contributed by atoms with Crippen LogP contribution in [0.2, 0.25) is 0 Å². The molecule has 0 saturated carbocycles. The lowest BCUT2D eigenvalue weighted by atomic mass is 10.1. The number of hydrogen-bond acceptors (Lipinski definition) is 4. The zero-order valence-electron chi connectivity index (χ0n) is 9.67. The first-order valence-electron chi connectivity index (χ1n) is 5.60. The third-order valence-electron chi connectivity index (χ3n) is 2.89. The Morgan fingerprint density at radius 1 is 1.44 bits per heavy atom. The van der Waals surface area contributed by atoms with Gasteiger partial charge >= 0.3 is 0 Å². The van der Waals surface area contributed by atoms with Crippen molar-refractivity contribution in [3.63, 3.8) is 0 Å². The van der Waals surface area contributed by atoms with Crippen molar-refractivity contribution in [2.45, 2.75) is 6.04 Å². The van der Waals surface area contributed by atoms with E-state index in [2.05, 4.69) is 15.9 Å². The van der Waals surface area contributed by atoms with Gasteiger partial charge in [-0.15, -0.1) is 0 Å². The summed E-state index contributed by atoms with van der Waals surface area (Å²) < 4.78 is 5.32. The lowest BCUT2D eigenvalue weighted by Crippen LogP contribution is -2.49. The van der Waals surface area contributed by atoms with Gasteiger partial charge in [0.1, 0.15) is 0 Å². The number of rotatable bonds is 2. The van der Waals surface area contributed by atoms with Crippen LogP contribution in [0.15, 0.2) is 18.2 Å². The van der Waals surface area contributed by atoms with E-state index in [-0.39, 0.29) is 23.4 Å². The molecule has 6 heteroatoms. The number of morpholine rings is 1. The van der Waals surface area contributed by atoms with Crippen LogP contribution in [0.1, 0.15) is 10.4 Å². The Labute approximate surface area is 113 Å². The second-order valence-corrected chi connectivity index (χ2v) is 4.73. The highest BCUT2D eigenvalue weighted by molar-refractivity contribution is 9.09. The Balaban J connectivity index is 2.21. The van der Waals surface area contributed by atoms with Crippen LogP contribution in [0.5, 0.6) is 11.5 Å². The van der Waals surface area contributed by atoms with Crippen molar-refractivity contribution in [3.05, 3.63) is 23.8 Å². The first-order chi connectivity index (χ1) is 8.63. The molecular weight excluding hydrogens is 302 g/mol. The summed E-state index contributed by atoms with van der Waals surface area (Å²) in [6.07, 6.45) is 0. The number of amides is 1. The predicted molar refractivity (Wildman–Crippen MR) is 69.2 cm³/mol. The molecule has 2 N–H and O–H groups in total. The summed E-state index contributed by atoms with van der Waals surface area (Å²) >= 11 is 3.36. The minimum atomic E-state index is -0.287. The molecule has 2 rings (SSSR count). The topological polar surface area (TPSA) is 70.0 Å². The molecule has 0 bridgehead atoms. The highest BCUT2D eigenvalue weighted by Crippen LogP contribution is 2.26. The molecule has 1 fully saturated rings. The third kappa shape index (κ3) is 2.59. The maximum Gasteiger partial charge on any atom is 0.254 e. The van der Waals surface area contributed by atoms with E-state index in [9.17, 15) is 15.0 Å². The van der Waals surface area contributed by atoms with Crippen LogP contribution in [0.4, 0.5) is 0 Å². The molecule has 98 valence electrons. The Morgan fingerprint density at radius 2 is 2.22 bits per heavy atom. The molecule has 1 unspecified atom stereocenters. The SMILES string of the molecule is O=C(c1ccc(O)c(O)c1)N1CCOCC1CBr. The fourth-order valence-corrected chi connectivity index (χ4v) is 2.41. The van der Waals surface area contributed by atoms with Crippen LogP contribution in [-0.4, -0.2) is 52.2 Å². The Bertz CT molecular complexity index is 452. The van der Waals surface area contributed by atoms with E-state index in [0.29, 0.717) is 30.7 Å². The summed E-state index contributed by atoms with van der Waals surface area (Å²) in [5, 5.41) is 19.3. The molecule has 1 amide bonds. The van der Waals surface area contributed by atoms with Gasteiger partial charge < -0.3 is 19.8 Å². The van der Waals surface area contributed by atoms with Crippen LogP contribution in [0.25, 0.3) is 0 Å². The number of halogens is 1. The molecule has 1 atom stereocenters. The Morgan fingerprint density at radius 3 is 2.89 bits per heavy atom. The molecule has 5 nitrogen and oxygen atoms in total. The minimum absolute atomic E-state index is 0.0119. The van der Waals surface area contributed by atoms with E-state index in [4.69, 9.17) is 4.74 Å². The number of ether oxygens (including phenoxy) is 1. The van der Waals surface area contributed by atoms with Gasteiger partial charge in [0, 0.05) is 17.4 Å². The number of phenols is 2. The molecule has 1 aliphatic heterocycles. The first-order valence-corrected chi connectivity index (χ1v) is 6.72. The van der Waals surface area contributed by atoms with Crippen LogP contribution >= 0.6 is 15.9 Å². The molecule has 0 spiro atoms. The van der Waals surface area contributed by atoms with Crippen LogP contribution in [0.3, 0.4) is 0 Å². The van der Waals surface area contributed by atoms with Crippen LogP contribution in [-0.2, 0) is 4.74 Å². The van der Waals surface area contributed by atoms with Gasteiger partial charge in [0.2, 0.25) is 0 Å². The van der Waals surface area contributed by atoms with Gasteiger partial charge in [-0.25, -0.2) is 0 Å². The smallest absolute Gasteiger partial charge is 0.254 e. The zero-order valence-corrected chi connectivity index (χ0v) is 11.3. The molecule has 0 radical (unpaired) electrons. The molecule has 1 saturated heterocycles. The molecule has 1 aromatic rings. The third-order valence-corrected chi connectivity index (χ3v) is 3.64. The average molecular weight is 316 g/mol. The second kappa shape index (κ2) is 5.58. The van der Waals surface area contributed by atoms with Gasteiger partial charge in [-0.3, -0.25) is 4.79 Å². The van der Waals surface area contributed by atoms with Crippen molar-refractivity contribution >= 4 is 21.8 Å². The number of benzene rings is 1. The first kappa shape index (κ1) is 13.2. The van der Waals surface area contributed by atoms with E-state index in [1.807, 2.05) is 0 Å². The predicted octanol–water partition coefficient (Wildman–Crippen LogP) is 1.33. The maximum atomic E-state index is 12.3. The fraction of sp³-hybridized carbons (Fsp3) is 0.417. The summed E-state index contributed by atoms with van der Waals surface area (Å²) in [4.78, 5) is 14.0. The lowest BCUT2D eigenvalue weighted by molar-refractivity contribution is 0.00523. The van der Waals surface area contributed by atoms with Crippen molar-refractivity contribution in [2.75, 3.05) is 25.1 Å². The van der Waals surface area contributed by atoms with Crippen molar-refractivity contribution in [1.29, 1.82) is 0 Å². The number of carbonyl (C=O) groups excluding carboxylic acids is 1. The number of hydrogen-bond donors (Lipinski definition) is 2. The Hall–Kier alpha value is -1.27. The number of aromatic hydroxyl groups is 2. The van der Waals surface area contributed by atoms with E-state index in [1.54, 1.807) is 4.90 Å². The zero-order chi connectivity index (χ0) is 13.1. The van der Waals surface area contributed by atoms with Gasteiger partial charge in [0.25, 0.3) is 5.91 Å². The van der Waals surface area contributed by atoms with Gasteiger partial charge in [0.05, 0.1) is 19.3 Å². The van der Waals surface area contributed by atoms with Gasteiger partial charge in [-0.1, -0.05) is 15.9 Å². The molecule has 1 aromatic carbocycles. The molecular formula is C12H14BrNO4. The lowest BCUT2D eigenvalue weighted by Gasteiger charge is -2.34. The van der Waals surface area contributed by atoms with Crippen molar-refractivity contribution in [1.82, 2.24) is 4.90 Å². The number of nitrogens with zero attached hydrogens (tertiary/aromatic N) is 1. The van der Waals surface area contributed by atoms with Crippen LogP contribution in [0, 0.1) is 0 Å². The van der Waals surface area contributed by atoms with Gasteiger partial charge in [-0.05, 0) is 18.2 Å². The highest BCUT2D eigenvalue weighted by atomic mass is 79.9. The molecule has 1 aliphatic rings. The minimum Gasteiger partial charge on any atom is -0.504 e. The van der Waals surface area contributed by atoms with Crippen molar-refractivity contribution < 1.29 is 19.7 Å². The van der Waals surface area contributed by atoms with Gasteiger partial charge in [-0.2, -0.15) is 0 Å². The molecule has 0 aromatic heterocycles. The highest BCUT2D eigenvalue weighted by Gasteiger charge is 2.27. The van der Waals surface area contributed by atoms with E-state index >= 15 is 0 Å². The quantitative estimate of drug-likeness (QED) is 0.638. The summed E-state index contributed by atoms with van der Waals surface area (Å²) in [6, 6.07) is 4.07. The number of alkyl halides is 1. The summed E-state index contributed by atoms with van der Waals surface area (Å²) in [6.45, 7) is 1.54. The van der Waals surface area contributed by atoms with Gasteiger partial charge in [0.15, 0.2) is 11.5 Å². The van der Waals surface area contributed by atoms with E-state index < -0.39 is 0 Å². The van der Waals surface area contributed by atoms with E-state index in [1.165, 1.54) is 18.2 Å². The molecule has 0 aliphatic carbocycles. The standard InChI is InChI=1S/C12H14BrNO4/c13-6-9-7-18-4-3-14(9)12(17)8-1-2-10(15)11(16)5-8/h1-2,5,9,15-16H,3-4,6-7H2. The summed E-state index contributed by atoms with van der Waals surface area (Å²) in [5.74, 6) is -0.687. The maximum absolute atomic E-state index is 12.3. The summed E-state index contributed by atoms with van der Waals surface area (Å²) in [7, 11) is 0. The number of phenolic OH excluding ortho intramolecular Hbond substituents is 2. The number of carbonyl (C=O) groups is 1. The molecule has 18 heavy (non-hydrogen) atoms. The van der Waals surface area contributed by atoms with Crippen molar-refractivity contribution in [2.24, 2.45) is 0 Å². The monoisotopic (exact) mass is 315 g/mol. The van der Waals surface area contributed by atoms with Crippen molar-refractivity contribution in [3.8, 4) is 11.5 Å². The summed E-state index contributed by atoms with van der Waals surface area (Å²) in [5.41, 5.74) is 0.359.